The molecule has 0 fully saturated rings. The zero-order chi connectivity index (χ0) is 30.3. The molecule has 10 heteroatoms. The van der Waals surface area contributed by atoms with Crippen molar-refractivity contribution in [3.05, 3.63) is 95.6 Å². The third kappa shape index (κ3) is 6.99. The lowest BCUT2D eigenvalue weighted by Gasteiger charge is -2.32. The van der Waals surface area contributed by atoms with Crippen molar-refractivity contribution in [2.75, 3.05) is 13.7 Å². The molecule has 0 unspecified atom stereocenters. The summed E-state index contributed by atoms with van der Waals surface area (Å²) in [6.07, 6.45) is 1.08. The Morgan fingerprint density at radius 3 is 2.36 bits per heavy atom. The van der Waals surface area contributed by atoms with Gasteiger partial charge in [0.2, 0.25) is 11.8 Å². The number of rotatable bonds is 13. The Bertz CT molecular complexity index is 1530. The van der Waals surface area contributed by atoms with Crippen LogP contribution in [-0.2, 0) is 32.6 Å². The molecule has 1 aliphatic heterocycles. The Hall–Kier alpha value is -4.18. The van der Waals surface area contributed by atoms with Gasteiger partial charge in [-0.05, 0) is 55.2 Å². The van der Waals surface area contributed by atoms with Crippen molar-refractivity contribution in [1.29, 1.82) is 0 Å². The van der Waals surface area contributed by atoms with E-state index in [1.165, 1.54) is 12.1 Å². The minimum absolute atomic E-state index is 0.0226. The van der Waals surface area contributed by atoms with Gasteiger partial charge in [-0.2, -0.15) is 0 Å². The molecule has 222 valence electrons. The summed E-state index contributed by atoms with van der Waals surface area (Å²) in [6.45, 7) is 3.89. The van der Waals surface area contributed by atoms with Gasteiger partial charge in [0.05, 0.1) is 12.7 Å². The van der Waals surface area contributed by atoms with Gasteiger partial charge in [-0.15, -0.1) is 0 Å². The fourth-order valence-corrected chi connectivity index (χ4v) is 6.54. The Morgan fingerprint density at radius 2 is 1.67 bits per heavy atom. The fourth-order valence-electron chi connectivity index (χ4n) is 4.93. The van der Waals surface area contributed by atoms with E-state index in [4.69, 9.17) is 4.74 Å². The molecule has 2 atom stereocenters. The zero-order valence-electron chi connectivity index (χ0n) is 24.2. The van der Waals surface area contributed by atoms with E-state index in [0.29, 0.717) is 12.2 Å². The number of carbonyl (C=O) groups is 3. The molecule has 4 rings (SSSR count). The van der Waals surface area contributed by atoms with Crippen LogP contribution in [0.3, 0.4) is 0 Å². The summed E-state index contributed by atoms with van der Waals surface area (Å²) >= 11 is 0. The highest BCUT2D eigenvalue weighted by Gasteiger charge is 2.40. The largest absolute Gasteiger partial charge is 0.497 e. The van der Waals surface area contributed by atoms with Crippen molar-refractivity contribution in [2.24, 2.45) is 0 Å². The quantitative estimate of drug-likeness (QED) is 0.319. The third-order valence-electron chi connectivity index (χ3n) is 7.42. The van der Waals surface area contributed by atoms with Crippen LogP contribution in [0.25, 0.3) is 0 Å². The van der Waals surface area contributed by atoms with Crippen LogP contribution in [-0.4, -0.2) is 61.1 Å². The van der Waals surface area contributed by atoms with Crippen LogP contribution in [0.1, 0.15) is 54.6 Å². The minimum atomic E-state index is -3.98. The number of carbonyl (C=O) groups excluding carboxylic acids is 3. The molecule has 42 heavy (non-hydrogen) atoms. The SMILES string of the molecule is CC[C@H](C)NC(=O)[C@H](Cc1ccccc1)N(Cc1cccc(OC)c1)C(=O)CCCN1C(=O)c2ccccc2S1(=O)=O. The maximum absolute atomic E-state index is 13.9. The number of sulfonamides is 1. The van der Waals surface area contributed by atoms with Crippen molar-refractivity contribution in [1.82, 2.24) is 14.5 Å². The molecule has 1 aliphatic rings. The van der Waals surface area contributed by atoms with Gasteiger partial charge in [-0.3, -0.25) is 14.4 Å². The maximum Gasteiger partial charge on any atom is 0.269 e. The van der Waals surface area contributed by atoms with E-state index in [2.05, 4.69) is 5.32 Å². The number of methoxy groups -OCH3 is 1. The molecule has 1 N–H and O–H groups in total. The van der Waals surface area contributed by atoms with Crippen LogP contribution in [0.2, 0.25) is 0 Å². The molecule has 0 saturated carbocycles. The molecule has 0 radical (unpaired) electrons. The first-order valence-corrected chi connectivity index (χ1v) is 15.5. The first-order chi connectivity index (χ1) is 20.1. The van der Waals surface area contributed by atoms with Gasteiger partial charge in [0.15, 0.2) is 0 Å². The van der Waals surface area contributed by atoms with Crippen molar-refractivity contribution in [2.45, 2.75) is 63.1 Å². The van der Waals surface area contributed by atoms with E-state index in [-0.39, 0.29) is 54.2 Å². The lowest BCUT2D eigenvalue weighted by atomic mass is 10.0. The van der Waals surface area contributed by atoms with E-state index in [9.17, 15) is 22.8 Å². The summed E-state index contributed by atoms with van der Waals surface area (Å²) in [7, 11) is -2.41. The van der Waals surface area contributed by atoms with E-state index in [0.717, 1.165) is 21.9 Å². The molecular weight excluding hydrogens is 554 g/mol. The Labute approximate surface area is 247 Å². The number of hydrogen-bond acceptors (Lipinski definition) is 6. The summed E-state index contributed by atoms with van der Waals surface area (Å²) in [4.78, 5) is 41.9. The van der Waals surface area contributed by atoms with Crippen molar-refractivity contribution in [3.8, 4) is 5.75 Å². The van der Waals surface area contributed by atoms with Crippen LogP contribution in [0.4, 0.5) is 0 Å². The van der Waals surface area contributed by atoms with Crippen molar-refractivity contribution in [3.63, 3.8) is 0 Å². The fraction of sp³-hybridized carbons (Fsp3) is 0.344. The van der Waals surface area contributed by atoms with Gasteiger partial charge >= 0.3 is 0 Å². The van der Waals surface area contributed by atoms with Gasteiger partial charge < -0.3 is 15.0 Å². The zero-order valence-corrected chi connectivity index (χ0v) is 25.0. The topological polar surface area (TPSA) is 113 Å². The normalized spacial score (nSPS) is 15.0. The molecule has 3 aromatic carbocycles. The second kappa shape index (κ2) is 13.7. The van der Waals surface area contributed by atoms with Gasteiger partial charge in [-0.1, -0.05) is 61.5 Å². The highest BCUT2D eigenvalue weighted by molar-refractivity contribution is 7.90. The number of hydrogen-bond donors (Lipinski definition) is 1. The highest BCUT2D eigenvalue weighted by Crippen LogP contribution is 2.30. The number of fused-ring (bicyclic) bond motifs is 1. The van der Waals surface area contributed by atoms with E-state index in [1.807, 2.05) is 62.4 Å². The summed E-state index contributed by atoms with van der Waals surface area (Å²) in [5.74, 6) is -0.557. The average molecular weight is 592 g/mol. The lowest BCUT2D eigenvalue weighted by Crippen LogP contribution is -2.52. The van der Waals surface area contributed by atoms with Crippen LogP contribution >= 0.6 is 0 Å². The van der Waals surface area contributed by atoms with Gasteiger partial charge in [0.1, 0.15) is 16.7 Å². The summed E-state index contributed by atoms with van der Waals surface area (Å²) < 4.78 is 32.2. The van der Waals surface area contributed by atoms with Crippen LogP contribution < -0.4 is 10.1 Å². The molecule has 1 heterocycles. The molecule has 0 spiro atoms. The molecule has 0 aromatic heterocycles. The molecule has 9 nitrogen and oxygen atoms in total. The number of benzene rings is 3. The summed E-state index contributed by atoms with van der Waals surface area (Å²) in [6, 6.07) is 22.0. The van der Waals surface area contributed by atoms with E-state index < -0.39 is 22.0 Å². The van der Waals surface area contributed by atoms with E-state index in [1.54, 1.807) is 30.2 Å². The second-order valence-corrected chi connectivity index (χ2v) is 12.2. The van der Waals surface area contributed by atoms with Crippen LogP contribution in [0.5, 0.6) is 5.75 Å². The summed E-state index contributed by atoms with van der Waals surface area (Å²) in [5.41, 5.74) is 1.81. The van der Waals surface area contributed by atoms with Gasteiger partial charge in [0.25, 0.3) is 15.9 Å². The second-order valence-electron chi connectivity index (χ2n) is 10.4. The molecule has 0 bridgehead atoms. The number of nitrogens with zero attached hydrogens (tertiary/aromatic N) is 2. The molecule has 0 saturated heterocycles. The van der Waals surface area contributed by atoms with Gasteiger partial charge in [0, 0.05) is 32.0 Å². The van der Waals surface area contributed by atoms with Crippen LogP contribution in [0, 0.1) is 0 Å². The van der Waals surface area contributed by atoms with Crippen LogP contribution in [0.15, 0.2) is 83.8 Å². The standard InChI is InChI=1S/C32H37N3O6S/c1-4-23(2)33-31(37)28(21-24-12-6-5-7-13-24)34(22-25-14-10-15-26(20-25)41-3)30(36)18-11-19-35-32(38)27-16-8-9-17-29(27)42(35,39)40/h5-10,12-17,20,23,28H,4,11,18-19,21-22H2,1-3H3,(H,33,37)/t23-,28-/m0/s1. The number of nitrogens with one attached hydrogen (secondary N) is 1. The lowest BCUT2D eigenvalue weighted by molar-refractivity contribution is -0.141. The molecular formula is C32H37N3O6S. The van der Waals surface area contributed by atoms with Crippen molar-refractivity contribution >= 4 is 27.7 Å². The van der Waals surface area contributed by atoms with Gasteiger partial charge in [-0.25, -0.2) is 12.7 Å². The predicted molar refractivity (Wildman–Crippen MR) is 159 cm³/mol. The first kappa shape index (κ1) is 30.8. The average Bonchev–Trinajstić information content (AvgIpc) is 3.19. The number of ether oxygens (including phenoxy) is 1. The molecule has 3 amide bonds. The highest BCUT2D eigenvalue weighted by atomic mass is 32.2. The summed E-state index contributed by atoms with van der Waals surface area (Å²) in [5, 5.41) is 3.03. The van der Waals surface area contributed by atoms with E-state index >= 15 is 0 Å². The smallest absolute Gasteiger partial charge is 0.269 e. The minimum Gasteiger partial charge on any atom is -0.497 e. The Balaban J connectivity index is 1.59. The molecule has 3 aromatic rings. The van der Waals surface area contributed by atoms with Crippen molar-refractivity contribution < 1.29 is 27.5 Å². The first-order valence-electron chi connectivity index (χ1n) is 14.1. The monoisotopic (exact) mass is 591 g/mol. The Kier molecular flexibility index (Phi) is 10.0. The Morgan fingerprint density at radius 1 is 0.976 bits per heavy atom. The third-order valence-corrected chi connectivity index (χ3v) is 9.26. The molecule has 0 aliphatic carbocycles. The predicted octanol–water partition coefficient (Wildman–Crippen LogP) is 4.17. The maximum atomic E-state index is 13.9. The number of amides is 3.